The molecule has 0 saturated carbocycles. The third-order valence-corrected chi connectivity index (χ3v) is 6.34. The lowest BCUT2D eigenvalue weighted by molar-refractivity contribution is 0.102. The van der Waals surface area contributed by atoms with E-state index in [4.69, 9.17) is 16.0 Å². The van der Waals surface area contributed by atoms with Crippen LogP contribution in [0.15, 0.2) is 83.3 Å². The summed E-state index contributed by atoms with van der Waals surface area (Å²) in [4.78, 5) is 15.6. The van der Waals surface area contributed by atoms with Crippen LogP contribution in [0.5, 0.6) is 0 Å². The van der Waals surface area contributed by atoms with Gasteiger partial charge in [-0.05, 0) is 67.9 Å². The Morgan fingerprint density at radius 3 is 2.31 bits per heavy atom. The molecule has 4 aromatic rings. The van der Waals surface area contributed by atoms with Crippen molar-refractivity contribution in [1.29, 1.82) is 0 Å². The summed E-state index contributed by atoms with van der Waals surface area (Å²) in [5, 5.41) is 4.77. The molecule has 32 heavy (non-hydrogen) atoms. The van der Waals surface area contributed by atoms with Gasteiger partial charge in [0.05, 0.1) is 11.7 Å². The van der Waals surface area contributed by atoms with Crippen molar-refractivity contribution >= 4 is 34.2 Å². The lowest BCUT2D eigenvalue weighted by Crippen LogP contribution is -2.34. The van der Waals surface area contributed by atoms with Crippen LogP contribution < -0.4 is 5.32 Å². The summed E-state index contributed by atoms with van der Waals surface area (Å²) in [7, 11) is 0. The van der Waals surface area contributed by atoms with E-state index in [-0.39, 0.29) is 11.9 Å². The van der Waals surface area contributed by atoms with E-state index in [2.05, 4.69) is 22.3 Å². The van der Waals surface area contributed by atoms with Crippen LogP contribution in [-0.2, 0) is 0 Å². The quantitative estimate of drug-likeness (QED) is 0.363. The second kappa shape index (κ2) is 9.19. The van der Waals surface area contributed by atoms with Crippen molar-refractivity contribution in [3.63, 3.8) is 0 Å². The van der Waals surface area contributed by atoms with Crippen LogP contribution in [0.4, 0.5) is 5.69 Å². The maximum Gasteiger partial charge on any atom is 0.255 e. The summed E-state index contributed by atoms with van der Waals surface area (Å²) in [6.45, 7) is 1.97. The lowest BCUT2D eigenvalue weighted by Gasteiger charge is -2.34. The molecule has 1 saturated heterocycles. The summed E-state index contributed by atoms with van der Waals surface area (Å²) >= 11 is 6.19. The number of para-hydroxylation sites is 1. The standard InChI is InChI=1S/C27H25ClN2O2/c28-21-15-13-19(14-16-21)25(30-17-7-2-8-18-30)26-24(22-11-5-6-12-23(22)32-26)29-27(31)20-9-3-1-4-10-20/h1,3-6,9-16,25H,2,7-8,17-18H2,(H,29,31)/t25-/m1/s1. The molecule has 5 rings (SSSR count). The largest absolute Gasteiger partial charge is 0.457 e. The maximum absolute atomic E-state index is 13.1. The van der Waals surface area contributed by atoms with E-state index in [0.717, 1.165) is 53.9 Å². The second-order valence-corrected chi connectivity index (χ2v) is 8.64. The first-order valence-corrected chi connectivity index (χ1v) is 11.5. The SMILES string of the molecule is O=C(Nc1c([C@@H](c2ccc(Cl)cc2)N2CCCCC2)oc2ccccc12)c1ccccc1. The molecular weight excluding hydrogens is 420 g/mol. The van der Waals surface area contributed by atoms with Gasteiger partial charge in [-0.3, -0.25) is 9.69 Å². The highest BCUT2D eigenvalue weighted by Crippen LogP contribution is 2.41. The molecule has 2 heterocycles. The minimum Gasteiger partial charge on any atom is -0.457 e. The van der Waals surface area contributed by atoms with Gasteiger partial charge in [0.15, 0.2) is 0 Å². The monoisotopic (exact) mass is 444 g/mol. The molecule has 1 fully saturated rings. The number of hydrogen-bond acceptors (Lipinski definition) is 3. The highest BCUT2D eigenvalue weighted by Gasteiger charge is 2.31. The molecule has 1 aliphatic heterocycles. The number of rotatable bonds is 5. The van der Waals surface area contributed by atoms with E-state index in [9.17, 15) is 4.79 Å². The summed E-state index contributed by atoms with van der Waals surface area (Å²) in [6, 6.07) is 25.0. The molecule has 0 bridgehead atoms. The summed E-state index contributed by atoms with van der Waals surface area (Å²) in [6.07, 6.45) is 3.54. The van der Waals surface area contributed by atoms with E-state index in [1.165, 1.54) is 6.42 Å². The molecule has 1 aliphatic rings. The molecule has 1 atom stereocenters. The first-order chi connectivity index (χ1) is 15.7. The molecule has 0 spiro atoms. The van der Waals surface area contributed by atoms with Gasteiger partial charge in [-0.15, -0.1) is 0 Å². The average molecular weight is 445 g/mol. The van der Waals surface area contributed by atoms with Crippen LogP contribution in [0.2, 0.25) is 5.02 Å². The zero-order valence-corrected chi connectivity index (χ0v) is 18.5. The first kappa shape index (κ1) is 20.8. The number of likely N-dealkylation sites (tertiary alicyclic amines) is 1. The molecule has 162 valence electrons. The summed E-state index contributed by atoms with van der Waals surface area (Å²) in [5.74, 6) is 0.617. The van der Waals surface area contributed by atoms with Crippen LogP contribution in [-0.4, -0.2) is 23.9 Å². The van der Waals surface area contributed by atoms with Crippen molar-refractivity contribution in [2.24, 2.45) is 0 Å². The molecule has 4 nitrogen and oxygen atoms in total. The Labute approximate surface area is 192 Å². The number of benzene rings is 3. The van der Waals surface area contributed by atoms with Crippen LogP contribution in [0.1, 0.15) is 47.0 Å². The van der Waals surface area contributed by atoms with Gasteiger partial charge in [0.25, 0.3) is 5.91 Å². The van der Waals surface area contributed by atoms with Gasteiger partial charge in [0, 0.05) is 16.0 Å². The normalized spacial score (nSPS) is 15.5. The number of fused-ring (bicyclic) bond motifs is 1. The number of amides is 1. The number of furan rings is 1. The number of piperidine rings is 1. The minimum atomic E-state index is -0.146. The topological polar surface area (TPSA) is 45.5 Å². The van der Waals surface area contributed by atoms with Crippen molar-refractivity contribution in [3.05, 3.63) is 101 Å². The molecule has 1 aromatic heterocycles. The van der Waals surface area contributed by atoms with Gasteiger partial charge < -0.3 is 9.73 Å². The third-order valence-electron chi connectivity index (χ3n) is 6.09. The zero-order chi connectivity index (χ0) is 21.9. The predicted octanol–water partition coefficient (Wildman–Crippen LogP) is 6.91. The van der Waals surface area contributed by atoms with Gasteiger partial charge in [-0.25, -0.2) is 0 Å². The second-order valence-electron chi connectivity index (χ2n) is 8.21. The Morgan fingerprint density at radius 1 is 0.875 bits per heavy atom. The van der Waals surface area contributed by atoms with Gasteiger partial charge >= 0.3 is 0 Å². The molecule has 0 unspecified atom stereocenters. The maximum atomic E-state index is 13.1. The molecule has 1 amide bonds. The minimum absolute atomic E-state index is 0.106. The fourth-order valence-corrected chi connectivity index (χ4v) is 4.64. The third kappa shape index (κ3) is 4.16. The number of nitrogens with one attached hydrogen (secondary N) is 1. The Kier molecular flexibility index (Phi) is 5.97. The van der Waals surface area contributed by atoms with E-state index >= 15 is 0 Å². The Balaban J connectivity index is 1.63. The zero-order valence-electron chi connectivity index (χ0n) is 17.8. The molecular formula is C27H25ClN2O2. The highest BCUT2D eigenvalue weighted by molar-refractivity contribution is 6.30. The number of carbonyl (C=O) groups is 1. The lowest BCUT2D eigenvalue weighted by atomic mass is 9.98. The highest BCUT2D eigenvalue weighted by atomic mass is 35.5. The molecule has 0 aliphatic carbocycles. The van der Waals surface area contributed by atoms with Gasteiger partial charge in [0.1, 0.15) is 11.3 Å². The molecule has 5 heteroatoms. The van der Waals surface area contributed by atoms with Crippen LogP contribution in [0.25, 0.3) is 11.0 Å². The van der Waals surface area contributed by atoms with Gasteiger partial charge in [0.2, 0.25) is 0 Å². The molecule has 1 N–H and O–H groups in total. The van der Waals surface area contributed by atoms with Gasteiger partial charge in [-0.2, -0.15) is 0 Å². The van der Waals surface area contributed by atoms with E-state index in [1.54, 1.807) is 0 Å². The van der Waals surface area contributed by atoms with E-state index in [1.807, 2.05) is 66.7 Å². The number of halogens is 1. The molecule has 0 radical (unpaired) electrons. The summed E-state index contributed by atoms with van der Waals surface area (Å²) in [5.41, 5.74) is 3.22. The van der Waals surface area contributed by atoms with Crippen molar-refractivity contribution in [2.75, 3.05) is 18.4 Å². The first-order valence-electron chi connectivity index (χ1n) is 11.1. The number of hydrogen-bond donors (Lipinski definition) is 1. The van der Waals surface area contributed by atoms with Crippen LogP contribution >= 0.6 is 11.6 Å². The number of carbonyl (C=O) groups excluding carboxylic acids is 1. The van der Waals surface area contributed by atoms with Crippen molar-refractivity contribution < 1.29 is 9.21 Å². The summed E-state index contributed by atoms with van der Waals surface area (Å²) < 4.78 is 6.45. The predicted molar refractivity (Wildman–Crippen MR) is 129 cm³/mol. The van der Waals surface area contributed by atoms with Crippen LogP contribution in [0.3, 0.4) is 0 Å². The van der Waals surface area contributed by atoms with Crippen LogP contribution in [0, 0.1) is 0 Å². The van der Waals surface area contributed by atoms with Crippen molar-refractivity contribution in [1.82, 2.24) is 4.90 Å². The Morgan fingerprint density at radius 2 is 1.56 bits per heavy atom. The van der Waals surface area contributed by atoms with Gasteiger partial charge in [-0.1, -0.05) is 60.5 Å². The smallest absolute Gasteiger partial charge is 0.255 e. The Bertz CT molecular complexity index is 1210. The Hall–Kier alpha value is -3.08. The fourth-order valence-electron chi connectivity index (χ4n) is 4.51. The number of anilines is 1. The van der Waals surface area contributed by atoms with Crippen molar-refractivity contribution in [3.8, 4) is 0 Å². The molecule has 3 aromatic carbocycles. The average Bonchev–Trinajstić information content (AvgIpc) is 3.19. The fraction of sp³-hybridized carbons (Fsp3) is 0.222. The van der Waals surface area contributed by atoms with E-state index in [0.29, 0.717) is 10.6 Å². The number of nitrogens with zero attached hydrogens (tertiary/aromatic N) is 1. The van der Waals surface area contributed by atoms with Crippen molar-refractivity contribution in [2.45, 2.75) is 25.3 Å². The van der Waals surface area contributed by atoms with E-state index < -0.39 is 0 Å².